The molecule has 86 valence electrons. The number of furan rings is 1. The number of carbonyl (C=O) groups is 1. The fourth-order valence-electron chi connectivity index (χ4n) is 1.37. The van der Waals surface area contributed by atoms with Crippen LogP contribution >= 0.6 is 11.6 Å². The van der Waals surface area contributed by atoms with E-state index < -0.39 is 5.97 Å². The van der Waals surface area contributed by atoms with Crippen molar-refractivity contribution < 1.29 is 14.3 Å². The minimum absolute atomic E-state index is 0.498. The molecule has 0 aliphatic carbocycles. The smallest absolute Gasteiger partial charge is 0.328 e. The zero-order chi connectivity index (χ0) is 12.3. The van der Waals surface area contributed by atoms with E-state index in [9.17, 15) is 4.79 Å². The van der Waals surface area contributed by atoms with Gasteiger partial charge in [0.25, 0.3) is 0 Å². The van der Waals surface area contributed by atoms with Gasteiger partial charge in [0.15, 0.2) is 0 Å². The maximum Gasteiger partial charge on any atom is 0.328 e. The minimum atomic E-state index is -1.01. The zero-order valence-corrected chi connectivity index (χ0v) is 9.52. The van der Waals surface area contributed by atoms with E-state index in [-0.39, 0.29) is 0 Å². The molecule has 0 saturated heterocycles. The fraction of sp³-hybridized carbons (Fsp3) is 0. The van der Waals surface area contributed by atoms with Crippen molar-refractivity contribution in [3.8, 4) is 11.3 Å². The number of hydrogen-bond donors (Lipinski definition) is 1. The van der Waals surface area contributed by atoms with E-state index in [1.807, 2.05) is 12.1 Å². The summed E-state index contributed by atoms with van der Waals surface area (Å²) in [5, 5.41) is 9.14. The molecular formula is C13H9ClO3. The summed E-state index contributed by atoms with van der Waals surface area (Å²) in [7, 11) is 0. The van der Waals surface area contributed by atoms with E-state index in [0.717, 1.165) is 11.6 Å². The van der Waals surface area contributed by atoms with Crippen LogP contribution in [0.15, 0.2) is 46.9 Å². The lowest BCUT2D eigenvalue weighted by atomic mass is 10.2. The van der Waals surface area contributed by atoms with Crippen LogP contribution in [0.25, 0.3) is 17.4 Å². The van der Waals surface area contributed by atoms with E-state index in [4.69, 9.17) is 21.1 Å². The molecule has 17 heavy (non-hydrogen) atoms. The first-order chi connectivity index (χ1) is 8.15. The summed E-state index contributed by atoms with van der Waals surface area (Å²) in [5.74, 6) is 0.165. The molecule has 2 rings (SSSR count). The standard InChI is InChI=1S/C13H9ClO3/c14-10-3-1-9(2-4-10)12-7-5-11(17-12)6-8-13(15)16/h1-8H,(H,15,16)/b8-6-. The van der Waals surface area contributed by atoms with E-state index in [0.29, 0.717) is 16.5 Å². The predicted molar refractivity (Wildman–Crippen MR) is 65.8 cm³/mol. The molecule has 0 radical (unpaired) electrons. The molecule has 0 bridgehead atoms. The van der Waals surface area contributed by atoms with Crippen LogP contribution in [0.4, 0.5) is 0 Å². The Labute approximate surface area is 103 Å². The van der Waals surface area contributed by atoms with Crippen molar-refractivity contribution in [2.45, 2.75) is 0 Å². The van der Waals surface area contributed by atoms with Crippen molar-refractivity contribution in [1.82, 2.24) is 0 Å². The zero-order valence-electron chi connectivity index (χ0n) is 8.76. The van der Waals surface area contributed by atoms with E-state index >= 15 is 0 Å². The molecule has 2 aromatic rings. The van der Waals surface area contributed by atoms with Gasteiger partial charge in [0, 0.05) is 16.7 Å². The van der Waals surface area contributed by atoms with Crippen molar-refractivity contribution in [3.05, 3.63) is 53.3 Å². The summed E-state index contributed by atoms with van der Waals surface area (Å²) >= 11 is 5.78. The first-order valence-electron chi connectivity index (χ1n) is 4.92. The third kappa shape index (κ3) is 2.98. The van der Waals surface area contributed by atoms with Crippen LogP contribution < -0.4 is 0 Å². The first kappa shape index (κ1) is 11.5. The molecule has 0 amide bonds. The number of halogens is 1. The Morgan fingerprint density at radius 2 is 1.88 bits per heavy atom. The molecule has 1 N–H and O–H groups in total. The van der Waals surface area contributed by atoms with Gasteiger partial charge in [-0.05, 0) is 42.5 Å². The Hall–Kier alpha value is -2.00. The van der Waals surface area contributed by atoms with Crippen LogP contribution in [-0.2, 0) is 4.79 Å². The summed E-state index contributed by atoms with van der Waals surface area (Å²) in [6.07, 6.45) is 2.44. The molecule has 0 spiro atoms. The molecule has 0 saturated carbocycles. The van der Waals surface area contributed by atoms with Gasteiger partial charge >= 0.3 is 5.97 Å². The van der Waals surface area contributed by atoms with Gasteiger partial charge in [-0.15, -0.1) is 0 Å². The van der Waals surface area contributed by atoms with Gasteiger partial charge in [-0.1, -0.05) is 11.6 Å². The third-order valence-electron chi connectivity index (χ3n) is 2.15. The summed E-state index contributed by atoms with van der Waals surface area (Å²) in [5.41, 5.74) is 0.893. The Morgan fingerprint density at radius 1 is 1.18 bits per heavy atom. The maximum absolute atomic E-state index is 10.3. The molecule has 1 aromatic carbocycles. The van der Waals surface area contributed by atoms with Crippen molar-refractivity contribution >= 4 is 23.6 Å². The topological polar surface area (TPSA) is 50.4 Å². The van der Waals surface area contributed by atoms with Crippen LogP contribution in [0, 0.1) is 0 Å². The normalized spacial score (nSPS) is 10.9. The summed E-state index contributed by atoms with van der Waals surface area (Å²) in [4.78, 5) is 10.3. The molecule has 0 aliphatic heterocycles. The summed E-state index contributed by atoms with van der Waals surface area (Å²) in [6, 6.07) is 10.7. The fourth-order valence-corrected chi connectivity index (χ4v) is 1.49. The summed E-state index contributed by atoms with van der Waals surface area (Å²) < 4.78 is 5.47. The number of hydrogen-bond acceptors (Lipinski definition) is 2. The van der Waals surface area contributed by atoms with Gasteiger partial charge in [-0.25, -0.2) is 4.79 Å². The molecule has 3 nitrogen and oxygen atoms in total. The number of carboxylic acid groups (broad SMARTS) is 1. The molecule has 1 heterocycles. The van der Waals surface area contributed by atoms with E-state index in [1.165, 1.54) is 6.08 Å². The second-order valence-electron chi connectivity index (χ2n) is 3.38. The number of benzene rings is 1. The van der Waals surface area contributed by atoms with E-state index in [2.05, 4.69) is 0 Å². The SMILES string of the molecule is O=C(O)/C=C\c1ccc(-c2ccc(Cl)cc2)o1. The minimum Gasteiger partial charge on any atom is -0.478 e. The lowest BCUT2D eigenvalue weighted by Gasteiger charge is -1.96. The second-order valence-corrected chi connectivity index (χ2v) is 3.82. The van der Waals surface area contributed by atoms with Gasteiger partial charge < -0.3 is 9.52 Å². The van der Waals surface area contributed by atoms with Crippen molar-refractivity contribution in [1.29, 1.82) is 0 Å². The van der Waals surface area contributed by atoms with Gasteiger partial charge in [-0.2, -0.15) is 0 Å². The number of rotatable bonds is 3. The largest absolute Gasteiger partial charge is 0.478 e. The average molecular weight is 249 g/mol. The van der Waals surface area contributed by atoms with Gasteiger partial charge in [-0.3, -0.25) is 0 Å². The van der Waals surface area contributed by atoms with Crippen LogP contribution in [0.1, 0.15) is 5.76 Å². The molecule has 4 heteroatoms. The molecule has 1 aromatic heterocycles. The van der Waals surface area contributed by atoms with Gasteiger partial charge in [0.05, 0.1) is 0 Å². The Kier molecular flexibility index (Phi) is 3.30. The lowest BCUT2D eigenvalue weighted by molar-refractivity contribution is -0.131. The van der Waals surface area contributed by atoms with Gasteiger partial charge in [0.1, 0.15) is 11.5 Å². The van der Waals surface area contributed by atoms with E-state index in [1.54, 1.807) is 24.3 Å². The molecule has 0 aliphatic rings. The highest BCUT2D eigenvalue weighted by molar-refractivity contribution is 6.30. The number of carboxylic acids is 1. The highest BCUT2D eigenvalue weighted by Gasteiger charge is 2.03. The lowest BCUT2D eigenvalue weighted by Crippen LogP contribution is -1.84. The Morgan fingerprint density at radius 3 is 2.53 bits per heavy atom. The van der Waals surface area contributed by atoms with Gasteiger partial charge in [0.2, 0.25) is 0 Å². The predicted octanol–water partition coefficient (Wildman–Crippen LogP) is 3.70. The quantitative estimate of drug-likeness (QED) is 0.843. The highest BCUT2D eigenvalue weighted by Crippen LogP contribution is 2.24. The molecule has 0 fully saturated rings. The van der Waals surface area contributed by atoms with Crippen molar-refractivity contribution in [2.24, 2.45) is 0 Å². The van der Waals surface area contributed by atoms with Crippen molar-refractivity contribution in [2.75, 3.05) is 0 Å². The third-order valence-corrected chi connectivity index (χ3v) is 2.40. The highest BCUT2D eigenvalue weighted by atomic mass is 35.5. The average Bonchev–Trinajstić information content (AvgIpc) is 2.76. The van der Waals surface area contributed by atoms with Crippen LogP contribution in [0.2, 0.25) is 5.02 Å². The number of aliphatic carboxylic acids is 1. The summed E-state index contributed by atoms with van der Waals surface area (Å²) in [6.45, 7) is 0. The van der Waals surface area contributed by atoms with Crippen LogP contribution in [0.3, 0.4) is 0 Å². The molecule has 0 atom stereocenters. The second kappa shape index (κ2) is 4.89. The van der Waals surface area contributed by atoms with Crippen molar-refractivity contribution in [3.63, 3.8) is 0 Å². The van der Waals surface area contributed by atoms with Crippen LogP contribution in [-0.4, -0.2) is 11.1 Å². The monoisotopic (exact) mass is 248 g/mol. The first-order valence-corrected chi connectivity index (χ1v) is 5.30. The molecular weight excluding hydrogens is 240 g/mol. The van der Waals surface area contributed by atoms with Crippen LogP contribution in [0.5, 0.6) is 0 Å². The Balaban J connectivity index is 2.23. The molecule has 0 unspecified atom stereocenters. The maximum atomic E-state index is 10.3. The Bertz CT molecular complexity index is 552.